The van der Waals surface area contributed by atoms with Gasteiger partial charge in [0, 0.05) is 4.90 Å². The quantitative estimate of drug-likeness (QED) is 0.106. The number of nitrogens with one attached hydrogen (secondary N) is 3. The predicted octanol–water partition coefficient (Wildman–Crippen LogP) is 2.35. The minimum atomic E-state index is -1.01. The molecule has 0 fully saturated rings. The maximum atomic E-state index is 13.1. The van der Waals surface area contributed by atoms with Crippen LogP contribution < -0.4 is 16.0 Å². The Labute approximate surface area is 204 Å². The van der Waals surface area contributed by atoms with Crippen molar-refractivity contribution < 1.29 is 23.9 Å². The van der Waals surface area contributed by atoms with Gasteiger partial charge >= 0.3 is 5.97 Å². The lowest BCUT2D eigenvalue weighted by Crippen LogP contribution is -2.55. The molecule has 1 aromatic carbocycles. The van der Waals surface area contributed by atoms with Crippen LogP contribution in [0.15, 0.2) is 47.9 Å². The first-order valence-electron chi connectivity index (χ1n) is 10.6. The van der Waals surface area contributed by atoms with Crippen LogP contribution in [0.25, 0.3) is 0 Å². The number of benzene rings is 1. The number of esters is 1. The van der Waals surface area contributed by atoms with E-state index in [0.29, 0.717) is 25.0 Å². The van der Waals surface area contributed by atoms with Crippen molar-refractivity contribution in [2.45, 2.75) is 49.0 Å². The molecule has 3 amide bonds. The van der Waals surface area contributed by atoms with Crippen molar-refractivity contribution in [1.82, 2.24) is 16.0 Å². The average molecular weight is 496 g/mol. The third kappa shape index (κ3) is 11.3. The standard InChI is InChI=1S/C23H33N3O5S2/c1-5-12-31-23(30)22(33-17-9-7-6-8-10-17)26-21(29)19(14-16(2)3)25-20(28)18(24-15-27)11-13-32-4/h5-10,15-16,18-19,22H,1,11-14H2,2-4H3,(H,24,27)(H,25,28)(H,26,29)/t18-,19-,22-/m0/s1. The number of hydrogen-bond donors (Lipinski definition) is 3. The average Bonchev–Trinajstić information content (AvgIpc) is 2.79. The number of thioether (sulfide) groups is 2. The number of hydrogen-bond acceptors (Lipinski definition) is 7. The summed E-state index contributed by atoms with van der Waals surface area (Å²) in [7, 11) is 0. The molecule has 0 spiro atoms. The highest BCUT2D eigenvalue weighted by Gasteiger charge is 2.30. The molecule has 0 saturated carbocycles. The molecular weight excluding hydrogens is 462 g/mol. The smallest absolute Gasteiger partial charge is 0.339 e. The monoisotopic (exact) mass is 495 g/mol. The van der Waals surface area contributed by atoms with Gasteiger partial charge in [-0.15, -0.1) is 0 Å². The van der Waals surface area contributed by atoms with Gasteiger partial charge in [-0.05, 0) is 42.9 Å². The van der Waals surface area contributed by atoms with E-state index in [1.165, 1.54) is 6.08 Å². The summed E-state index contributed by atoms with van der Waals surface area (Å²) < 4.78 is 5.15. The molecule has 0 aliphatic rings. The van der Waals surface area contributed by atoms with Gasteiger partial charge in [-0.25, -0.2) is 4.79 Å². The molecule has 8 nitrogen and oxygen atoms in total. The maximum Gasteiger partial charge on any atom is 0.339 e. The number of amides is 3. The van der Waals surface area contributed by atoms with Gasteiger partial charge in [-0.2, -0.15) is 11.8 Å². The van der Waals surface area contributed by atoms with E-state index in [1.54, 1.807) is 11.8 Å². The molecule has 0 radical (unpaired) electrons. The number of rotatable bonds is 16. The van der Waals surface area contributed by atoms with Crippen LogP contribution in [0.2, 0.25) is 0 Å². The Morgan fingerprint density at radius 2 is 1.76 bits per heavy atom. The summed E-state index contributed by atoms with van der Waals surface area (Å²) in [4.78, 5) is 50.2. The molecular formula is C23H33N3O5S2. The zero-order valence-corrected chi connectivity index (χ0v) is 20.9. The first kappa shape index (κ1) is 28.6. The van der Waals surface area contributed by atoms with Gasteiger partial charge in [-0.1, -0.05) is 56.5 Å². The number of carbonyl (C=O) groups is 4. The second-order valence-corrected chi connectivity index (χ2v) is 9.71. The largest absolute Gasteiger partial charge is 0.459 e. The molecule has 33 heavy (non-hydrogen) atoms. The van der Waals surface area contributed by atoms with Crippen molar-refractivity contribution in [2.75, 3.05) is 18.6 Å². The van der Waals surface area contributed by atoms with Crippen LogP contribution in [0, 0.1) is 5.92 Å². The Morgan fingerprint density at radius 3 is 2.33 bits per heavy atom. The first-order valence-corrected chi connectivity index (χ1v) is 12.9. The summed E-state index contributed by atoms with van der Waals surface area (Å²) in [5, 5.41) is 6.94. The van der Waals surface area contributed by atoms with Gasteiger partial charge in [0.25, 0.3) is 0 Å². The van der Waals surface area contributed by atoms with E-state index >= 15 is 0 Å². The molecule has 1 rings (SSSR count). The summed E-state index contributed by atoms with van der Waals surface area (Å²) >= 11 is 2.69. The molecule has 1 aromatic rings. The lowest BCUT2D eigenvalue weighted by Gasteiger charge is -2.25. The molecule has 3 atom stereocenters. The molecule has 10 heteroatoms. The Balaban J connectivity index is 2.99. The highest BCUT2D eigenvalue weighted by atomic mass is 32.2. The minimum Gasteiger partial charge on any atom is -0.459 e. The van der Waals surface area contributed by atoms with Crippen LogP contribution in [0.1, 0.15) is 26.7 Å². The zero-order valence-electron chi connectivity index (χ0n) is 19.2. The van der Waals surface area contributed by atoms with E-state index in [1.807, 2.05) is 50.4 Å². The first-order chi connectivity index (χ1) is 15.8. The summed E-state index contributed by atoms with van der Waals surface area (Å²) in [6.07, 6.45) is 4.62. The van der Waals surface area contributed by atoms with Gasteiger partial charge in [0.2, 0.25) is 18.2 Å². The van der Waals surface area contributed by atoms with E-state index in [4.69, 9.17) is 4.74 Å². The van der Waals surface area contributed by atoms with E-state index in [0.717, 1.165) is 16.7 Å². The van der Waals surface area contributed by atoms with Crippen molar-refractivity contribution >= 4 is 47.7 Å². The highest BCUT2D eigenvalue weighted by molar-refractivity contribution is 8.00. The maximum absolute atomic E-state index is 13.1. The van der Waals surface area contributed by atoms with E-state index in [9.17, 15) is 19.2 Å². The topological polar surface area (TPSA) is 114 Å². The molecule has 0 aliphatic carbocycles. The molecule has 0 bridgehead atoms. The van der Waals surface area contributed by atoms with Gasteiger partial charge in [-0.3, -0.25) is 14.4 Å². The summed E-state index contributed by atoms with van der Waals surface area (Å²) in [5.41, 5.74) is 0. The normalized spacial score (nSPS) is 13.3. The number of carbonyl (C=O) groups excluding carboxylic acids is 4. The van der Waals surface area contributed by atoms with Gasteiger partial charge in [0.15, 0.2) is 5.37 Å². The van der Waals surface area contributed by atoms with Crippen molar-refractivity contribution in [3.8, 4) is 0 Å². The van der Waals surface area contributed by atoms with Crippen molar-refractivity contribution in [3.05, 3.63) is 43.0 Å². The Bertz CT molecular complexity index is 777. The fourth-order valence-electron chi connectivity index (χ4n) is 2.80. The zero-order chi connectivity index (χ0) is 24.6. The van der Waals surface area contributed by atoms with Crippen LogP contribution in [-0.4, -0.2) is 60.3 Å². The van der Waals surface area contributed by atoms with Gasteiger partial charge < -0.3 is 20.7 Å². The van der Waals surface area contributed by atoms with Crippen molar-refractivity contribution in [3.63, 3.8) is 0 Å². The fourth-order valence-corrected chi connectivity index (χ4v) is 4.20. The summed E-state index contributed by atoms with van der Waals surface area (Å²) in [5.74, 6) is -0.802. The van der Waals surface area contributed by atoms with Gasteiger partial charge in [0.1, 0.15) is 18.7 Å². The van der Waals surface area contributed by atoms with Crippen LogP contribution in [0.4, 0.5) is 0 Å². The molecule has 3 N–H and O–H groups in total. The molecule has 0 saturated heterocycles. The summed E-state index contributed by atoms with van der Waals surface area (Å²) in [6.45, 7) is 7.40. The SMILES string of the molecule is C=CCOC(=O)[C@@H](NC(=O)[C@H](CC(C)C)NC(=O)[C@H](CCSC)NC=O)Sc1ccccc1. The van der Waals surface area contributed by atoms with E-state index in [-0.39, 0.29) is 12.5 Å². The fraction of sp³-hybridized carbons (Fsp3) is 0.478. The van der Waals surface area contributed by atoms with E-state index < -0.39 is 35.2 Å². The molecule has 0 aromatic heterocycles. The highest BCUT2D eigenvalue weighted by Crippen LogP contribution is 2.23. The van der Waals surface area contributed by atoms with E-state index in [2.05, 4.69) is 22.5 Å². The lowest BCUT2D eigenvalue weighted by atomic mass is 10.0. The Kier molecular flexibility index (Phi) is 14.0. The van der Waals surface area contributed by atoms with Crippen LogP contribution in [-0.2, 0) is 23.9 Å². The second-order valence-electron chi connectivity index (χ2n) is 7.55. The van der Waals surface area contributed by atoms with Crippen molar-refractivity contribution in [1.29, 1.82) is 0 Å². The van der Waals surface area contributed by atoms with Crippen LogP contribution in [0.3, 0.4) is 0 Å². The second kappa shape index (κ2) is 16.2. The molecule has 182 valence electrons. The van der Waals surface area contributed by atoms with Crippen molar-refractivity contribution in [2.24, 2.45) is 5.92 Å². The third-order valence-electron chi connectivity index (χ3n) is 4.36. The lowest BCUT2D eigenvalue weighted by molar-refractivity contribution is -0.144. The minimum absolute atomic E-state index is 0.0151. The molecule has 0 heterocycles. The molecule has 0 unspecified atom stereocenters. The van der Waals surface area contributed by atoms with Crippen LogP contribution >= 0.6 is 23.5 Å². The Morgan fingerprint density at radius 1 is 1.09 bits per heavy atom. The molecule has 0 aliphatic heterocycles. The van der Waals surface area contributed by atoms with Crippen LogP contribution in [0.5, 0.6) is 0 Å². The number of ether oxygens (including phenoxy) is 1. The predicted molar refractivity (Wildman–Crippen MR) is 133 cm³/mol. The third-order valence-corrected chi connectivity index (χ3v) is 6.10. The van der Waals surface area contributed by atoms with Gasteiger partial charge in [0.05, 0.1) is 0 Å². The summed E-state index contributed by atoms with van der Waals surface area (Å²) in [6, 6.07) is 7.51. The Hall–Kier alpha value is -2.46.